The zero-order valence-corrected chi connectivity index (χ0v) is 18.4. The summed E-state index contributed by atoms with van der Waals surface area (Å²) in [7, 11) is 0. The highest BCUT2D eigenvalue weighted by Gasteiger charge is 2.46. The second kappa shape index (κ2) is 8.18. The molecule has 1 aromatic heterocycles. The van der Waals surface area contributed by atoms with Crippen molar-refractivity contribution in [3.8, 4) is 0 Å². The van der Waals surface area contributed by atoms with E-state index in [1.807, 2.05) is 18.7 Å². The smallest absolute Gasteiger partial charge is 0.373 e. The molecule has 1 aliphatic heterocycles. The van der Waals surface area contributed by atoms with Crippen LogP contribution in [0.25, 0.3) is 0 Å². The van der Waals surface area contributed by atoms with Gasteiger partial charge in [0.15, 0.2) is 5.69 Å². The number of alkyl halides is 3. The van der Waals surface area contributed by atoms with Crippen molar-refractivity contribution in [2.45, 2.75) is 83.3 Å². The van der Waals surface area contributed by atoms with Crippen molar-refractivity contribution in [3.05, 3.63) is 17.5 Å². The number of rotatable bonds is 4. The lowest BCUT2D eigenvalue weighted by Gasteiger charge is -2.52. The van der Waals surface area contributed by atoms with E-state index in [9.17, 15) is 13.2 Å². The number of halogens is 3. The summed E-state index contributed by atoms with van der Waals surface area (Å²) in [5, 5.41) is 3.34. The zero-order chi connectivity index (χ0) is 21.8. The molecule has 3 bridgehead atoms. The van der Waals surface area contributed by atoms with Crippen LogP contribution in [-0.2, 0) is 17.5 Å². The van der Waals surface area contributed by atoms with E-state index in [1.165, 1.54) is 38.3 Å². The SMILES string of the molecule is C[C@@H]1CN(Cc2cnc(NC3CC4CC5CCC3C(C5)C4)nc2C(F)(F)F)C[C@H](C)O1. The van der Waals surface area contributed by atoms with Crippen LogP contribution in [0, 0.1) is 23.7 Å². The van der Waals surface area contributed by atoms with Gasteiger partial charge >= 0.3 is 6.18 Å². The molecule has 2 heterocycles. The average Bonchev–Trinajstić information content (AvgIpc) is 2.66. The molecular weight excluding hydrogens is 405 g/mol. The Morgan fingerprint density at radius 3 is 2.55 bits per heavy atom. The molecule has 3 saturated carbocycles. The van der Waals surface area contributed by atoms with Crippen molar-refractivity contribution in [1.29, 1.82) is 0 Å². The van der Waals surface area contributed by atoms with Crippen LogP contribution in [-0.4, -0.2) is 46.2 Å². The van der Waals surface area contributed by atoms with Crippen LogP contribution in [0.3, 0.4) is 0 Å². The summed E-state index contributed by atoms with van der Waals surface area (Å²) in [5.74, 6) is 2.97. The monoisotopic (exact) mass is 438 g/mol. The molecule has 5 unspecified atom stereocenters. The van der Waals surface area contributed by atoms with Gasteiger partial charge in [-0.1, -0.05) is 6.42 Å². The first-order valence-electron chi connectivity index (χ1n) is 11.8. The fourth-order valence-corrected chi connectivity index (χ4v) is 6.95. The summed E-state index contributed by atoms with van der Waals surface area (Å²) >= 11 is 0. The standard InChI is InChI=1S/C23H33F3N4O/c1-13-10-30(11-14(2)31-13)12-18-9-27-22(29-21(18)23(24,25)26)28-20-8-16-5-15-3-4-19(20)17(6-15)7-16/h9,13-17,19-20H,3-8,10-12H2,1-2H3,(H,27,28,29)/t13-,14+,15?,16?,17?,19?,20?. The molecule has 0 spiro atoms. The number of nitrogens with one attached hydrogen (secondary N) is 1. The van der Waals surface area contributed by atoms with Crippen molar-refractivity contribution in [2.75, 3.05) is 18.4 Å². The van der Waals surface area contributed by atoms with Gasteiger partial charge in [-0.05, 0) is 69.6 Å². The maximum Gasteiger partial charge on any atom is 0.433 e. The quantitative estimate of drug-likeness (QED) is 0.737. The van der Waals surface area contributed by atoms with Crippen LogP contribution in [0.5, 0.6) is 0 Å². The summed E-state index contributed by atoms with van der Waals surface area (Å²) in [4.78, 5) is 10.4. The lowest BCUT2D eigenvalue weighted by molar-refractivity contribution is -0.142. The molecule has 172 valence electrons. The first kappa shape index (κ1) is 21.4. The van der Waals surface area contributed by atoms with E-state index in [0.29, 0.717) is 24.9 Å². The van der Waals surface area contributed by atoms with Gasteiger partial charge in [-0.2, -0.15) is 13.2 Å². The molecule has 4 aliphatic rings. The number of anilines is 1. The number of fused-ring (bicyclic) bond motifs is 2. The van der Waals surface area contributed by atoms with Crippen LogP contribution in [0.1, 0.15) is 63.6 Å². The van der Waals surface area contributed by atoms with Gasteiger partial charge in [-0.15, -0.1) is 0 Å². The molecule has 0 amide bonds. The fraction of sp³-hybridized carbons (Fsp3) is 0.826. The van der Waals surface area contributed by atoms with E-state index in [4.69, 9.17) is 4.74 Å². The Balaban J connectivity index is 1.34. The van der Waals surface area contributed by atoms with E-state index < -0.39 is 11.9 Å². The third-order valence-electron chi connectivity index (χ3n) is 7.89. The Morgan fingerprint density at radius 1 is 1.06 bits per heavy atom. The Bertz CT molecular complexity index is 788. The van der Waals surface area contributed by atoms with E-state index >= 15 is 0 Å². The second-order valence-corrected chi connectivity index (χ2v) is 10.4. The van der Waals surface area contributed by atoms with E-state index in [0.717, 1.165) is 18.3 Å². The minimum atomic E-state index is -4.50. The Kier molecular flexibility index (Phi) is 5.65. The van der Waals surface area contributed by atoms with Crippen molar-refractivity contribution in [3.63, 3.8) is 0 Å². The second-order valence-electron chi connectivity index (χ2n) is 10.4. The number of nitrogens with zero attached hydrogens (tertiary/aromatic N) is 3. The summed E-state index contributed by atoms with van der Waals surface area (Å²) in [6, 6.07) is 0.192. The Morgan fingerprint density at radius 2 is 1.81 bits per heavy atom. The minimum Gasteiger partial charge on any atom is -0.373 e. The first-order valence-corrected chi connectivity index (χ1v) is 11.8. The molecule has 7 atom stereocenters. The zero-order valence-electron chi connectivity index (χ0n) is 18.4. The predicted octanol–water partition coefficient (Wildman–Crippen LogP) is 4.73. The summed E-state index contributed by atoms with van der Waals surface area (Å²) in [5.41, 5.74) is -0.670. The highest BCUT2D eigenvalue weighted by Crippen LogP contribution is 2.52. The minimum absolute atomic E-state index is 0.000730. The van der Waals surface area contributed by atoms with Crippen LogP contribution < -0.4 is 5.32 Å². The van der Waals surface area contributed by atoms with E-state index in [1.54, 1.807) is 0 Å². The molecule has 1 N–H and O–H groups in total. The third-order valence-corrected chi connectivity index (χ3v) is 7.89. The highest BCUT2D eigenvalue weighted by atomic mass is 19.4. The number of ether oxygens (including phenoxy) is 1. The van der Waals surface area contributed by atoms with Gasteiger partial charge in [0, 0.05) is 37.4 Å². The average molecular weight is 439 g/mol. The molecule has 3 aliphatic carbocycles. The number of morpholine rings is 1. The maximum absolute atomic E-state index is 13.9. The topological polar surface area (TPSA) is 50.3 Å². The molecule has 1 aromatic rings. The van der Waals surface area contributed by atoms with E-state index in [-0.39, 0.29) is 36.3 Å². The van der Waals surface area contributed by atoms with Gasteiger partial charge in [0.1, 0.15) is 0 Å². The Hall–Kier alpha value is -1.41. The molecule has 31 heavy (non-hydrogen) atoms. The molecule has 8 heteroatoms. The summed E-state index contributed by atoms with van der Waals surface area (Å²) < 4.78 is 47.4. The molecule has 0 radical (unpaired) electrons. The van der Waals surface area contributed by atoms with Gasteiger partial charge in [-0.3, -0.25) is 4.90 Å². The first-order chi connectivity index (χ1) is 14.7. The largest absolute Gasteiger partial charge is 0.433 e. The van der Waals surface area contributed by atoms with Crippen molar-refractivity contribution < 1.29 is 17.9 Å². The fourth-order valence-electron chi connectivity index (χ4n) is 6.95. The highest BCUT2D eigenvalue weighted by molar-refractivity contribution is 5.33. The van der Waals surface area contributed by atoms with Crippen molar-refractivity contribution >= 4 is 5.95 Å². The molecule has 5 nitrogen and oxygen atoms in total. The normalized spacial score (nSPS) is 38.3. The summed E-state index contributed by atoms with van der Waals surface area (Å²) in [6.07, 6.45) is 4.23. The van der Waals surface area contributed by atoms with Crippen LogP contribution in [0.15, 0.2) is 6.20 Å². The van der Waals surface area contributed by atoms with Gasteiger partial charge in [-0.25, -0.2) is 9.97 Å². The lowest BCUT2D eigenvalue weighted by Crippen LogP contribution is -2.48. The van der Waals surface area contributed by atoms with Crippen LogP contribution >= 0.6 is 0 Å². The number of aromatic nitrogens is 2. The molecule has 4 fully saturated rings. The van der Waals surface area contributed by atoms with Gasteiger partial charge in [0.25, 0.3) is 0 Å². The number of hydrogen-bond donors (Lipinski definition) is 1. The Labute approximate surface area is 182 Å². The number of hydrogen-bond acceptors (Lipinski definition) is 5. The van der Waals surface area contributed by atoms with Crippen LogP contribution in [0.4, 0.5) is 19.1 Å². The summed E-state index contributed by atoms with van der Waals surface area (Å²) in [6.45, 7) is 5.29. The van der Waals surface area contributed by atoms with Gasteiger partial charge < -0.3 is 10.1 Å². The molecule has 1 saturated heterocycles. The lowest BCUT2D eigenvalue weighted by atomic mass is 9.56. The van der Waals surface area contributed by atoms with E-state index in [2.05, 4.69) is 15.3 Å². The van der Waals surface area contributed by atoms with Crippen LogP contribution in [0.2, 0.25) is 0 Å². The van der Waals surface area contributed by atoms with Crippen molar-refractivity contribution in [1.82, 2.24) is 14.9 Å². The van der Waals surface area contributed by atoms with Crippen molar-refractivity contribution in [2.24, 2.45) is 23.7 Å². The van der Waals surface area contributed by atoms with Gasteiger partial charge in [0.05, 0.1) is 12.2 Å². The molecular formula is C23H33F3N4O. The van der Waals surface area contributed by atoms with Gasteiger partial charge in [0.2, 0.25) is 5.95 Å². The molecule has 0 aromatic carbocycles. The maximum atomic E-state index is 13.9. The molecule has 5 rings (SSSR count). The predicted molar refractivity (Wildman–Crippen MR) is 111 cm³/mol. The third kappa shape index (κ3) is 4.56.